The highest BCUT2D eigenvalue weighted by Crippen LogP contribution is 2.23. The van der Waals surface area contributed by atoms with Crippen molar-refractivity contribution in [3.63, 3.8) is 0 Å². The van der Waals surface area contributed by atoms with Crippen LogP contribution < -0.4 is 0 Å². The van der Waals surface area contributed by atoms with Gasteiger partial charge in [-0.05, 0) is 35.9 Å². The van der Waals surface area contributed by atoms with Gasteiger partial charge in [0, 0.05) is 0 Å². The van der Waals surface area contributed by atoms with Gasteiger partial charge in [-0.2, -0.15) is 9.94 Å². The molecule has 1 aromatic carbocycles. The molecule has 17 heavy (non-hydrogen) atoms. The molecule has 0 aliphatic rings. The van der Waals surface area contributed by atoms with Crippen molar-refractivity contribution in [1.29, 1.82) is 5.26 Å². The van der Waals surface area contributed by atoms with Crippen LogP contribution in [0.2, 0.25) is 0 Å². The van der Waals surface area contributed by atoms with E-state index in [-0.39, 0.29) is 5.25 Å². The van der Waals surface area contributed by atoms with E-state index in [0.29, 0.717) is 5.16 Å². The molecule has 0 aliphatic carbocycles. The Hall–Kier alpha value is -1.87. The fourth-order valence-electron chi connectivity index (χ4n) is 1.39. The van der Waals surface area contributed by atoms with Gasteiger partial charge in [-0.15, -0.1) is 5.10 Å². The second-order valence-electron chi connectivity index (χ2n) is 3.55. The fraction of sp³-hybridized carbons (Fsp3) is 0.273. The van der Waals surface area contributed by atoms with Crippen molar-refractivity contribution in [2.24, 2.45) is 0 Å². The van der Waals surface area contributed by atoms with E-state index in [2.05, 4.69) is 21.6 Å². The first-order chi connectivity index (χ1) is 8.22. The van der Waals surface area contributed by atoms with Crippen LogP contribution in [-0.4, -0.2) is 25.5 Å². The van der Waals surface area contributed by atoms with Gasteiger partial charge in [0.2, 0.25) is 5.16 Å². The molecular weight excluding hydrogens is 234 g/mol. The molecule has 0 saturated heterocycles. The van der Waals surface area contributed by atoms with Crippen LogP contribution in [0.1, 0.15) is 12.5 Å². The lowest BCUT2D eigenvalue weighted by Crippen LogP contribution is -2.03. The lowest BCUT2D eigenvalue weighted by atomic mass is 10.2. The Bertz CT molecular complexity index is 557. The highest BCUT2D eigenvalue weighted by atomic mass is 32.2. The Balaban J connectivity index is 2.38. The zero-order valence-electron chi connectivity index (χ0n) is 9.53. The Morgan fingerprint density at radius 3 is 2.88 bits per heavy atom. The normalized spacial score (nSPS) is 12.1. The summed E-state index contributed by atoms with van der Waals surface area (Å²) in [5, 5.41) is 20.8. The fourth-order valence-corrected chi connectivity index (χ4v) is 2.08. The number of nitrogens with zero attached hydrogens (tertiary/aromatic N) is 5. The zero-order valence-corrected chi connectivity index (χ0v) is 10.3. The Kier molecular flexibility index (Phi) is 3.40. The van der Waals surface area contributed by atoms with Gasteiger partial charge < -0.3 is 0 Å². The molecule has 1 atom stereocenters. The van der Waals surface area contributed by atoms with Crippen LogP contribution in [-0.2, 0) is 0 Å². The van der Waals surface area contributed by atoms with Crippen LogP contribution in [0.4, 0.5) is 0 Å². The monoisotopic (exact) mass is 245 g/mol. The quantitative estimate of drug-likeness (QED) is 0.773. The van der Waals surface area contributed by atoms with Crippen LogP contribution >= 0.6 is 11.8 Å². The molecule has 2 aromatic rings. The minimum absolute atomic E-state index is 0.177. The van der Waals surface area contributed by atoms with Gasteiger partial charge in [0.15, 0.2) is 0 Å². The van der Waals surface area contributed by atoms with Gasteiger partial charge in [0.05, 0.1) is 17.0 Å². The van der Waals surface area contributed by atoms with Crippen LogP contribution in [0.15, 0.2) is 29.4 Å². The highest BCUT2D eigenvalue weighted by molar-refractivity contribution is 8.00. The molecule has 0 radical (unpaired) electrons. The predicted molar refractivity (Wildman–Crippen MR) is 64.8 cm³/mol. The van der Waals surface area contributed by atoms with Crippen LogP contribution in [0.5, 0.6) is 0 Å². The summed E-state index contributed by atoms with van der Waals surface area (Å²) in [6.07, 6.45) is 0. The molecule has 0 saturated carbocycles. The van der Waals surface area contributed by atoms with Crippen molar-refractivity contribution in [3.05, 3.63) is 29.8 Å². The number of hydrogen-bond acceptors (Lipinski definition) is 5. The Morgan fingerprint density at radius 2 is 2.18 bits per heavy atom. The molecular formula is C11H11N5S. The number of aryl methyl sites for hydroxylation is 1. The number of tetrazole rings is 1. The average Bonchev–Trinajstić information content (AvgIpc) is 2.77. The number of nitriles is 1. The Labute approximate surface area is 103 Å². The van der Waals surface area contributed by atoms with Gasteiger partial charge in [-0.25, -0.2) is 0 Å². The SMILES string of the molecule is Cc1ccccc1-n1nnnc1S[C@H](C)C#N. The molecule has 0 fully saturated rings. The van der Waals surface area contributed by atoms with Crippen molar-refractivity contribution in [2.75, 3.05) is 0 Å². The minimum Gasteiger partial charge on any atom is -0.197 e. The molecule has 0 aliphatic heterocycles. The third-order valence-electron chi connectivity index (χ3n) is 2.25. The summed E-state index contributed by atoms with van der Waals surface area (Å²) in [7, 11) is 0. The van der Waals surface area contributed by atoms with Crippen LogP contribution in [0.3, 0.4) is 0 Å². The number of rotatable bonds is 3. The van der Waals surface area contributed by atoms with Gasteiger partial charge in [0.25, 0.3) is 0 Å². The molecule has 86 valence electrons. The van der Waals surface area contributed by atoms with Gasteiger partial charge >= 0.3 is 0 Å². The molecule has 1 aromatic heterocycles. The number of thioether (sulfide) groups is 1. The molecule has 6 heteroatoms. The second kappa shape index (κ2) is 4.97. The van der Waals surface area contributed by atoms with Gasteiger partial charge in [0.1, 0.15) is 0 Å². The van der Waals surface area contributed by atoms with Crippen LogP contribution in [0.25, 0.3) is 5.69 Å². The molecule has 0 N–H and O–H groups in total. The zero-order chi connectivity index (χ0) is 12.3. The number of hydrogen-bond donors (Lipinski definition) is 0. The summed E-state index contributed by atoms with van der Waals surface area (Å²) in [5.41, 5.74) is 2.02. The molecule has 0 bridgehead atoms. The van der Waals surface area contributed by atoms with Crippen molar-refractivity contribution in [3.8, 4) is 11.8 Å². The van der Waals surface area contributed by atoms with Crippen molar-refractivity contribution < 1.29 is 0 Å². The molecule has 2 rings (SSSR count). The minimum atomic E-state index is -0.177. The first kappa shape index (κ1) is 11.6. The maximum absolute atomic E-state index is 8.80. The van der Waals surface area contributed by atoms with Crippen molar-refractivity contribution in [2.45, 2.75) is 24.3 Å². The maximum Gasteiger partial charge on any atom is 0.215 e. The third kappa shape index (κ3) is 2.45. The summed E-state index contributed by atoms with van der Waals surface area (Å²) in [5.74, 6) is 0. The first-order valence-corrected chi connectivity index (χ1v) is 6.01. The van der Waals surface area contributed by atoms with E-state index in [4.69, 9.17) is 5.26 Å². The predicted octanol–water partition coefficient (Wildman–Crippen LogP) is 1.97. The maximum atomic E-state index is 8.80. The summed E-state index contributed by atoms with van der Waals surface area (Å²) >= 11 is 1.35. The average molecular weight is 245 g/mol. The second-order valence-corrected chi connectivity index (χ2v) is 4.86. The van der Waals surface area contributed by atoms with E-state index in [1.54, 1.807) is 4.68 Å². The van der Waals surface area contributed by atoms with Crippen molar-refractivity contribution >= 4 is 11.8 Å². The smallest absolute Gasteiger partial charge is 0.197 e. The number of para-hydroxylation sites is 1. The molecule has 5 nitrogen and oxygen atoms in total. The molecule has 0 unspecified atom stereocenters. The van der Waals surface area contributed by atoms with Crippen molar-refractivity contribution in [1.82, 2.24) is 20.2 Å². The lowest BCUT2D eigenvalue weighted by molar-refractivity contribution is 0.751. The molecule has 1 heterocycles. The number of aromatic nitrogens is 4. The molecule has 0 amide bonds. The number of benzene rings is 1. The summed E-state index contributed by atoms with van der Waals surface area (Å²) in [6, 6.07) is 10.0. The Morgan fingerprint density at radius 1 is 1.41 bits per heavy atom. The van der Waals surface area contributed by atoms with Gasteiger partial charge in [-0.1, -0.05) is 30.0 Å². The van der Waals surface area contributed by atoms with E-state index in [1.807, 2.05) is 38.1 Å². The highest BCUT2D eigenvalue weighted by Gasteiger charge is 2.13. The standard InChI is InChI=1S/C11H11N5S/c1-8-5-3-4-6-10(8)16-11(13-14-15-16)17-9(2)7-12/h3-6,9H,1-2H3/t9-/m1/s1. The summed E-state index contributed by atoms with van der Waals surface area (Å²) < 4.78 is 1.66. The largest absolute Gasteiger partial charge is 0.215 e. The summed E-state index contributed by atoms with van der Waals surface area (Å²) in [4.78, 5) is 0. The molecule has 0 spiro atoms. The van der Waals surface area contributed by atoms with E-state index in [1.165, 1.54) is 11.8 Å². The van der Waals surface area contributed by atoms with Crippen LogP contribution in [0, 0.1) is 18.3 Å². The topological polar surface area (TPSA) is 67.4 Å². The van der Waals surface area contributed by atoms with E-state index >= 15 is 0 Å². The first-order valence-electron chi connectivity index (χ1n) is 5.13. The van der Waals surface area contributed by atoms with Gasteiger partial charge in [-0.3, -0.25) is 0 Å². The van der Waals surface area contributed by atoms with E-state index in [0.717, 1.165) is 11.3 Å². The third-order valence-corrected chi connectivity index (χ3v) is 3.17. The van der Waals surface area contributed by atoms with E-state index in [9.17, 15) is 0 Å². The summed E-state index contributed by atoms with van der Waals surface area (Å²) in [6.45, 7) is 3.82. The van der Waals surface area contributed by atoms with E-state index < -0.39 is 0 Å². The lowest BCUT2D eigenvalue weighted by Gasteiger charge is -2.07.